The molecule has 0 saturated carbocycles. The van der Waals surface area contributed by atoms with Crippen LogP contribution in [0.25, 0.3) is 10.1 Å². The van der Waals surface area contributed by atoms with E-state index in [-0.39, 0.29) is 5.75 Å². The molecule has 3 aromatic rings. The highest BCUT2D eigenvalue weighted by Crippen LogP contribution is 2.33. The first-order valence-corrected chi connectivity index (χ1v) is 7.91. The van der Waals surface area contributed by atoms with Crippen LogP contribution in [-0.4, -0.2) is 12.3 Å². The number of anilines is 1. The summed E-state index contributed by atoms with van der Waals surface area (Å²) in [6.07, 6.45) is -4.77. The number of hydrogen-bond acceptors (Lipinski definition) is 3. The molecular weight excluding hydrogens is 358 g/mol. The summed E-state index contributed by atoms with van der Waals surface area (Å²) in [5.74, 6) is -1.24. The molecule has 0 spiro atoms. The number of benzene rings is 2. The van der Waals surface area contributed by atoms with Crippen LogP contribution in [0.5, 0.6) is 5.75 Å². The molecule has 0 fully saturated rings. The van der Waals surface area contributed by atoms with E-state index < -0.39 is 18.1 Å². The van der Waals surface area contributed by atoms with Gasteiger partial charge in [0.05, 0.1) is 4.88 Å². The molecule has 1 aromatic heterocycles. The van der Waals surface area contributed by atoms with Crippen LogP contribution in [0.15, 0.2) is 42.5 Å². The summed E-state index contributed by atoms with van der Waals surface area (Å²) in [6, 6.07) is 9.39. The Morgan fingerprint density at radius 2 is 1.80 bits per heavy atom. The summed E-state index contributed by atoms with van der Waals surface area (Å²) in [6.45, 7) is 1.65. The number of carbonyl (C=O) groups is 1. The van der Waals surface area contributed by atoms with Gasteiger partial charge in [-0.2, -0.15) is 0 Å². The number of carbonyl (C=O) groups excluding carboxylic acids is 1. The van der Waals surface area contributed by atoms with Gasteiger partial charge in [-0.15, -0.1) is 24.5 Å². The Bertz CT molecular complexity index is 932. The van der Waals surface area contributed by atoms with Crippen LogP contribution in [0.4, 0.5) is 23.2 Å². The van der Waals surface area contributed by atoms with E-state index in [0.717, 1.165) is 23.5 Å². The predicted octanol–water partition coefficient (Wildman–Crippen LogP) is 5.50. The molecule has 1 amide bonds. The SMILES string of the molecule is Cc1c(C(=O)Nc2ccc(OC(F)(F)F)cc2)sc2cccc(F)c12. The van der Waals surface area contributed by atoms with Gasteiger partial charge >= 0.3 is 6.36 Å². The number of alkyl halides is 3. The van der Waals surface area contributed by atoms with Gasteiger partial charge in [0.25, 0.3) is 5.91 Å². The summed E-state index contributed by atoms with van der Waals surface area (Å²) in [7, 11) is 0. The molecule has 130 valence electrons. The van der Waals surface area contributed by atoms with Crippen molar-refractivity contribution in [3.63, 3.8) is 0 Å². The lowest BCUT2D eigenvalue weighted by molar-refractivity contribution is -0.274. The van der Waals surface area contributed by atoms with Gasteiger partial charge < -0.3 is 10.1 Å². The van der Waals surface area contributed by atoms with Crippen molar-refractivity contribution in [1.82, 2.24) is 0 Å². The van der Waals surface area contributed by atoms with E-state index in [2.05, 4.69) is 10.1 Å². The van der Waals surface area contributed by atoms with E-state index in [0.29, 0.717) is 26.2 Å². The van der Waals surface area contributed by atoms with Crippen LogP contribution in [-0.2, 0) is 0 Å². The van der Waals surface area contributed by atoms with Gasteiger partial charge in [-0.05, 0) is 48.9 Å². The summed E-state index contributed by atoms with van der Waals surface area (Å²) in [5.41, 5.74) is 0.824. The number of aryl methyl sites for hydroxylation is 1. The molecule has 0 atom stereocenters. The molecule has 0 aliphatic rings. The van der Waals surface area contributed by atoms with Crippen LogP contribution < -0.4 is 10.1 Å². The molecule has 0 aliphatic carbocycles. The summed E-state index contributed by atoms with van der Waals surface area (Å²) in [4.78, 5) is 12.7. The van der Waals surface area contributed by atoms with Crippen molar-refractivity contribution in [1.29, 1.82) is 0 Å². The molecule has 1 N–H and O–H groups in total. The fourth-order valence-electron chi connectivity index (χ4n) is 2.40. The second kappa shape index (κ2) is 6.36. The number of amides is 1. The third kappa shape index (κ3) is 3.74. The summed E-state index contributed by atoms with van der Waals surface area (Å²) >= 11 is 1.15. The Morgan fingerprint density at radius 1 is 1.12 bits per heavy atom. The molecule has 3 rings (SSSR count). The normalized spacial score (nSPS) is 11.6. The lowest BCUT2D eigenvalue weighted by Crippen LogP contribution is -2.17. The van der Waals surface area contributed by atoms with E-state index in [1.165, 1.54) is 18.2 Å². The average Bonchev–Trinajstić information content (AvgIpc) is 2.86. The molecule has 2 aromatic carbocycles. The maximum atomic E-state index is 13.9. The smallest absolute Gasteiger partial charge is 0.406 e. The maximum Gasteiger partial charge on any atom is 0.573 e. The average molecular weight is 369 g/mol. The van der Waals surface area contributed by atoms with Crippen LogP contribution in [0.2, 0.25) is 0 Å². The Hall–Kier alpha value is -2.61. The van der Waals surface area contributed by atoms with Crippen LogP contribution in [0.1, 0.15) is 15.2 Å². The van der Waals surface area contributed by atoms with Crippen molar-refractivity contribution in [2.75, 3.05) is 5.32 Å². The molecule has 0 unspecified atom stereocenters. The second-order valence-electron chi connectivity index (χ2n) is 5.20. The quantitative estimate of drug-likeness (QED) is 0.619. The van der Waals surface area contributed by atoms with E-state index in [1.807, 2.05) is 0 Å². The van der Waals surface area contributed by atoms with Gasteiger partial charge in [0, 0.05) is 15.8 Å². The van der Waals surface area contributed by atoms with Gasteiger partial charge in [0.2, 0.25) is 0 Å². The minimum Gasteiger partial charge on any atom is -0.406 e. The highest BCUT2D eigenvalue weighted by molar-refractivity contribution is 7.21. The highest BCUT2D eigenvalue weighted by Gasteiger charge is 2.31. The maximum absolute atomic E-state index is 13.9. The van der Waals surface area contributed by atoms with Gasteiger partial charge in [-0.1, -0.05) is 6.07 Å². The largest absolute Gasteiger partial charge is 0.573 e. The standard InChI is InChI=1S/C17H11F4NO2S/c1-9-14-12(18)3-2-4-13(14)25-15(9)16(23)22-10-5-7-11(8-6-10)24-17(19,20)21/h2-8H,1H3,(H,22,23). The zero-order valence-electron chi connectivity index (χ0n) is 12.8. The molecule has 0 saturated heterocycles. The van der Waals surface area contributed by atoms with Gasteiger partial charge in [-0.25, -0.2) is 4.39 Å². The van der Waals surface area contributed by atoms with E-state index >= 15 is 0 Å². The topological polar surface area (TPSA) is 38.3 Å². The molecule has 3 nitrogen and oxygen atoms in total. The van der Waals surface area contributed by atoms with Crippen molar-refractivity contribution in [2.45, 2.75) is 13.3 Å². The fraction of sp³-hybridized carbons (Fsp3) is 0.118. The molecule has 0 aliphatic heterocycles. The van der Waals surface area contributed by atoms with Gasteiger partial charge in [0.15, 0.2) is 0 Å². The molecule has 0 radical (unpaired) electrons. The first-order chi connectivity index (χ1) is 11.7. The zero-order valence-corrected chi connectivity index (χ0v) is 13.6. The minimum atomic E-state index is -4.77. The first kappa shape index (κ1) is 17.2. The molecule has 8 heteroatoms. The number of thiophene rings is 1. The van der Waals surface area contributed by atoms with Crippen molar-refractivity contribution in [2.24, 2.45) is 0 Å². The number of ether oxygens (including phenoxy) is 1. The fourth-order valence-corrected chi connectivity index (χ4v) is 3.52. The number of halogens is 4. The molecule has 0 bridgehead atoms. The third-order valence-electron chi connectivity index (χ3n) is 3.45. The molecule has 25 heavy (non-hydrogen) atoms. The Kier molecular flexibility index (Phi) is 4.38. The Morgan fingerprint density at radius 3 is 2.40 bits per heavy atom. The lowest BCUT2D eigenvalue weighted by atomic mass is 10.1. The van der Waals surface area contributed by atoms with Crippen LogP contribution >= 0.6 is 11.3 Å². The number of rotatable bonds is 3. The number of hydrogen-bond donors (Lipinski definition) is 1. The van der Waals surface area contributed by atoms with Crippen molar-refractivity contribution < 1.29 is 27.1 Å². The predicted molar refractivity (Wildman–Crippen MR) is 87.6 cm³/mol. The minimum absolute atomic E-state index is 0.303. The third-order valence-corrected chi connectivity index (χ3v) is 4.71. The monoisotopic (exact) mass is 369 g/mol. The van der Waals surface area contributed by atoms with E-state index in [4.69, 9.17) is 0 Å². The number of fused-ring (bicyclic) bond motifs is 1. The van der Waals surface area contributed by atoms with Gasteiger partial charge in [-0.3, -0.25) is 4.79 Å². The van der Waals surface area contributed by atoms with Gasteiger partial charge in [0.1, 0.15) is 11.6 Å². The highest BCUT2D eigenvalue weighted by atomic mass is 32.1. The Balaban J connectivity index is 1.81. The first-order valence-electron chi connectivity index (χ1n) is 7.09. The Labute approximate surface area is 143 Å². The number of nitrogens with one attached hydrogen (secondary N) is 1. The summed E-state index contributed by atoms with van der Waals surface area (Å²) in [5, 5.41) is 2.98. The second-order valence-corrected chi connectivity index (χ2v) is 6.25. The van der Waals surface area contributed by atoms with Crippen molar-refractivity contribution in [3.8, 4) is 5.75 Å². The van der Waals surface area contributed by atoms with Crippen LogP contribution in [0.3, 0.4) is 0 Å². The lowest BCUT2D eigenvalue weighted by Gasteiger charge is -2.09. The van der Waals surface area contributed by atoms with Crippen molar-refractivity contribution in [3.05, 3.63) is 58.7 Å². The molecular formula is C17H11F4NO2S. The van der Waals surface area contributed by atoms with Crippen LogP contribution in [0, 0.1) is 12.7 Å². The van der Waals surface area contributed by atoms with E-state index in [9.17, 15) is 22.4 Å². The van der Waals surface area contributed by atoms with E-state index in [1.54, 1.807) is 19.1 Å². The zero-order chi connectivity index (χ0) is 18.2. The summed E-state index contributed by atoms with van der Waals surface area (Å²) < 4.78 is 54.7. The molecule has 1 heterocycles. The van der Waals surface area contributed by atoms with Crippen molar-refractivity contribution >= 4 is 33.0 Å².